The molecule has 2 rings (SSSR count). The number of halogens is 3. The van der Waals surface area contributed by atoms with Crippen LogP contribution in [0.3, 0.4) is 0 Å². The van der Waals surface area contributed by atoms with Crippen molar-refractivity contribution >= 4 is 5.91 Å². The van der Waals surface area contributed by atoms with Gasteiger partial charge in [-0.2, -0.15) is 13.2 Å². The molecule has 6 heteroatoms. The van der Waals surface area contributed by atoms with Crippen LogP contribution in [0, 0.1) is 5.92 Å². The van der Waals surface area contributed by atoms with Gasteiger partial charge in [-0.1, -0.05) is 18.2 Å². The van der Waals surface area contributed by atoms with Gasteiger partial charge in [0.15, 0.2) is 0 Å². The summed E-state index contributed by atoms with van der Waals surface area (Å²) < 4.78 is 38.8. The highest BCUT2D eigenvalue weighted by atomic mass is 19.4. The van der Waals surface area contributed by atoms with Crippen molar-refractivity contribution in [2.24, 2.45) is 5.92 Å². The zero-order chi connectivity index (χ0) is 17.7. The van der Waals surface area contributed by atoms with E-state index in [0.717, 1.165) is 32.0 Å². The summed E-state index contributed by atoms with van der Waals surface area (Å²) >= 11 is 0. The molecule has 0 bridgehead atoms. The average molecular weight is 342 g/mol. The third-order valence-electron chi connectivity index (χ3n) is 4.65. The molecule has 0 atom stereocenters. The molecule has 1 aromatic rings. The van der Waals surface area contributed by atoms with E-state index in [1.165, 1.54) is 12.1 Å². The van der Waals surface area contributed by atoms with E-state index in [-0.39, 0.29) is 30.4 Å². The second kappa shape index (κ2) is 8.01. The third kappa shape index (κ3) is 4.97. The lowest BCUT2D eigenvalue weighted by Crippen LogP contribution is -2.43. The Balaban J connectivity index is 1.82. The Bertz CT molecular complexity index is 549. The topological polar surface area (TPSA) is 32.3 Å². The summed E-state index contributed by atoms with van der Waals surface area (Å²) in [6, 6.07) is 6.00. The zero-order valence-corrected chi connectivity index (χ0v) is 14.2. The SMILES string of the molecule is CC(C)N1CCC(C(=O)NCCc2ccccc2C(F)(F)F)CC1. The average Bonchev–Trinajstić information content (AvgIpc) is 2.54. The summed E-state index contributed by atoms with van der Waals surface area (Å²) in [7, 11) is 0. The Morgan fingerprint density at radius 3 is 2.46 bits per heavy atom. The molecule has 0 unspecified atom stereocenters. The molecule has 134 valence electrons. The van der Waals surface area contributed by atoms with Gasteiger partial charge >= 0.3 is 6.18 Å². The van der Waals surface area contributed by atoms with E-state index in [9.17, 15) is 18.0 Å². The third-order valence-corrected chi connectivity index (χ3v) is 4.65. The molecular formula is C18H25F3N2O. The summed E-state index contributed by atoms with van der Waals surface area (Å²) in [6.07, 6.45) is -2.55. The number of nitrogens with zero attached hydrogens (tertiary/aromatic N) is 1. The minimum Gasteiger partial charge on any atom is -0.356 e. The minimum atomic E-state index is -4.36. The maximum atomic E-state index is 12.9. The molecule has 1 heterocycles. The first kappa shape index (κ1) is 18.8. The zero-order valence-electron chi connectivity index (χ0n) is 14.2. The molecule has 0 spiro atoms. The van der Waals surface area contributed by atoms with Gasteiger partial charge in [0.05, 0.1) is 5.56 Å². The van der Waals surface area contributed by atoms with Crippen LogP contribution >= 0.6 is 0 Å². The molecule has 3 nitrogen and oxygen atoms in total. The van der Waals surface area contributed by atoms with Crippen LogP contribution in [-0.4, -0.2) is 36.5 Å². The fourth-order valence-corrected chi connectivity index (χ4v) is 3.16. The van der Waals surface area contributed by atoms with Crippen LogP contribution in [0.4, 0.5) is 13.2 Å². The first-order chi connectivity index (χ1) is 11.3. The first-order valence-electron chi connectivity index (χ1n) is 8.46. The summed E-state index contributed by atoms with van der Waals surface area (Å²) in [5, 5.41) is 2.80. The highest BCUT2D eigenvalue weighted by molar-refractivity contribution is 5.78. The van der Waals surface area contributed by atoms with Crippen LogP contribution in [0.25, 0.3) is 0 Å². The van der Waals surface area contributed by atoms with Crippen LogP contribution in [0.1, 0.15) is 37.8 Å². The van der Waals surface area contributed by atoms with E-state index in [2.05, 4.69) is 24.1 Å². The Labute approximate surface area is 141 Å². The molecule has 0 radical (unpaired) electrons. The highest BCUT2D eigenvalue weighted by Gasteiger charge is 2.32. The van der Waals surface area contributed by atoms with Crippen LogP contribution in [0.5, 0.6) is 0 Å². The first-order valence-corrected chi connectivity index (χ1v) is 8.46. The monoisotopic (exact) mass is 342 g/mol. The quantitative estimate of drug-likeness (QED) is 0.888. The lowest BCUT2D eigenvalue weighted by Gasteiger charge is -2.33. The van der Waals surface area contributed by atoms with Gasteiger partial charge in [-0.25, -0.2) is 0 Å². The second-order valence-electron chi connectivity index (χ2n) is 6.60. The summed E-state index contributed by atoms with van der Waals surface area (Å²) in [4.78, 5) is 14.5. The fourth-order valence-electron chi connectivity index (χ4n) is 3.16. The normalized spacial score (nSPS) is 17.2. The molecule has 0 aliphatic carbocycles. The predicted molar refractivity (Wildman–Crippen MR) is 87.6 cm³/mol. The lowest BCUT2D eigenvalue weighted by atomic mass is 9.95. The predicted octanol–water partition coefficient (Wildman–Crippen LogP) is 3.48. The maximum Gasteiger partial charge on any atom is 0.416 e. The van der Waals surface area contributed by atoms with Gasteiger partial charge in [0.1, 0.15) is 0 Å². The van der Waals surface area contributed by atoms with Crippen molar-refractivity contribution in [3.05, 3.63) is 35.4 Å². The fraction of sp³-hybridized carbons (Fsp3) is 0.611. The molecule has 1 N–H and O–H groups in total. The number of nitrogens with one attached hydrogen (secondary N) is 1. The maximum absolute atomic E-state index is 12.9. The number of rotatable bonds is 5. The largest absolute Gasteiger partial charge is 0.416 e. The van der Waals surface area contributed by atoms with Crippen LogP contribution in [0.15, 0.2) is 24.3 Å². The summed E-state index contributed by atoms with van der Waals surface area (Å²) in [5.41, 5.74) is -0.399. The van der Waals surface area contributed by atoms with Gasteiger partial charge in [-0.05, 0) is 57.8 Å². The van der Waals surface area contributed by atoms with Gasteiger partial charge < -0.3 is 10.2 Å². The van der Waals surface area contributed by atoms with Gasteiger partial charge in [-0.3, -0.25) is 4.79 Å². The number of carbonyl (C=O) groups excluding carboxylic acids is 1. The molecule has 0 aromatic heterocycles. The minimum absolute atomic E-state index is 0.0298. The molecule has 1 saturated heterocycles. The Morgan fingerprint density at radius 2 is 1.88 bits per heavy atom. The van der Waals surface area contributed by atoms with Crippen molar-refractivity contribution in [3.8, 4) is 0 Å². The Hall–Kier alpha value is -1.56. The van der Waals surface area contributed by atoms with Crippen molar-refractivity contribution in [2.45, 2.75) is 45.3 Å². The van der Waals surface area contributed by atoms with Crippen molar-refractivity contribution in [1.29, 1.82) is 0 Å². The molecule has 1 fully saturated rings. The number of likely N-dealkylation sites (tertiary alicyclic amines) is 1. The van der Waals surface area contributed by atoms with Crippen molar-refractivity contribution in [3.63, 3.8) is 0 Å². The van der Waals surface area contributed by atoms with Crippen LogP contribution in [0.2, 0.25) is 0 Å². The van der Waals surface area contributed by atoms with E-state index >= 15 is 0 Å². The summed E-state index contributed by atoms with van der Waals surface area (Å²) in [5.74, 6) is -0.0687. The van der Waals surface area contributed by atoms with E-state index in [0.29, 0.717) is 6.04 Å². The Morgan fingerprint density at radius 1 is 1.25 bits per heavy atom. The standard InChI is InChI=1S/C18H25F3N2O/c1-13(2)23-11-8-15(9-12-23)17(24)22-10-7-14-5-3-4-6-16(14)18(19,20)21/h3-6,13,15H,7-12H2,1-2H3,(H,22,24). The van der Waals surface area contributed by atoms with Crippen LogP contribution in [-0.2, 0) is 17.4 Å². The number of piperidine rings is 1. The number of alkyl halides is 3. The van der Waals surface area contributed by atoms with Crippen molar-refractivity contribution < 1.29 is 18.0 Å². The number of amides is 1. The van der Waals surface area contributed by atoms with Gasteiger partial charge in [-0.15, -0.1) is 0 Å². The van der Waals surface area contributed by atoms with Gasteiger partial charge in [0, 0.05) is 18.5 Å². The van der Waals surface area contributed by atoms with E-state index in [1.807, 2.05) is 0 Å². The number of carbonyl (C=O) groups is 1. The van der Waals surface area contributed by atoms with E-state index < -0.39 is 11.7 Å². The van der Waals surface area contributed by atoms with E-state index in [4.69, 9.17) is 0 Å². The highest BCUT2D eigenvalue weighted by Crippen LogP contribution is 2.31. The number of hydrogen-bond donors (Lipinski definition) is 1. The number of hydrogen-bond acceptors (Lipinski definition) is 2. The molecule has 1 aromatic carbocycles. The van der Waals surface area contributed by atoms with Crippen molar-refractivity contribution in [1.82, 2.24) is 10.2 Å². The summed E-state index contributed by atoms with van der Waals surface area (Å²) in [6.45, 7) is 6.30. The molecule has 0 saturated carbocycles. The molecule has 24 heavy (non-hydrogen) atoms. The lowest BCUT2D eigenvalue weighted by molar-refractivity contribution is -0.138. The second-order valence-corrected chi connectivity index (χ2v) is 6.60. The van der Waals surface area contributed by atoms with Gasteiger partial charge in [0.2, 0.25) is 5.91 Å². The van der Waals surface area contributed by atoms with Crippen molar-refractivity contribution in [2.75, 3.05) is 19.6 Å². The smallest absolute Gasteiger partial charge is 0.356 e. The molecular weight excluding hydrogens is 317 g/mol. The van der Waals surface area contributed by atoms with E-state index in [1.54, 1.807) is 6.07 Å². The molecule has 1 aliphatic rings. The number of benzene rings is 1. The molecule has 1 amide bonds. The van der Waals surface area contributed by atoms with Gasteiger partial charge in [0.25, 0.3) is 0 Å². The molecule has 1 aliphatic heterocycles. The Kier molecular flexibility index (Phi) is 6.27. The van der Waals surface area contributed by atoms with Crippen LogP contribution < -0.4 is 5.32 Å².